The molecule has 4 rings (SSSR count). The number of nitrogens with one attached hydrogen (secondary N) is 1. The lowest BCUT2D eigenvalue weighted by molar-refractivity contribution is -0.124. The molecule has 0 spiro atoms. The molecule has 9 heteroatoms. The van der Waals surface area contributed by atoms with Crippen LogP contribution in [0.3, 0.4) is 0 Å². The number of anilines is 1. The number of hydrogen-bond acceptors (Lipinski definition) is 6. The maximum absolute atomic E-state index is 13.9. The van der Waals surface area contributed by atoms with Crippen molar-refractivity contribution < 1.29 is 17.9 Å². The molecule has 1 aliphatic carbocycles. The van der Waals surface area contributed by atoms with Crippen molar-refractivity contribution in [3.8, 4) is 0 Å². The first-order valence-corrected chi connectivity index (χ1v) is 13.6. The van der Waals surface area contributed by atoms with Gasteiger partial charge in [0.05, 0.1) is 25.3 Å². The van der Waals surface area contributed by atoms with Gasteiger partial charge in [-0.1, -0.05) is 13.8 Å². The Hall–Kier alpha value is -1.71. The number of hydrogen-bond donors (Lipinski definition) is 1. The molecule has 4 atom stereocenters. The normalized spacial score (nSPS) is 30.5. The first kappa shape index (κ1) is 24.4. The van der Waals surface area contributed by atoms with Gasteiger partial charge < -0.3 is 15.0 Å². The molecular weight excluding hydrogens is 440 g/mol. The first-order valence-electron chi connectivity index (χ1n) is 12.2. The van der Waals surface area contributed by atoms with E-state index >= 15 is 0 Å². The fourth-order valence-corrected chi connectivity index (χ4v) is 7.39. The highest BCUT2D eigenvalue weighted by Gasteiger charge is 2.43. The molecule has 3 heterocycles. The number of nitrogens with zero attached hydrogens (tertiary/aromatic N) is 3. The van der Waals surface area contributed by atoms with Crippen molar-refractivity contribution in [3.05, 3.63) is 17.8 Å². The van der Waals surface area contributed by atoms with E-state index in [1.54, 1.807) is 12.1 Å². The number of pyridine rings is 1. The summed E-state index contributed by atoms with van der Waals surface area (Å²) in [5, 5.41) is 3.14. The number of ether oxygens (including phenoxy) is 1. The molecule has 33 heavy (non-hydrogen) atoms. The van der Waals surface area contributed by atoms with Crippen LogP contribution in [0.2, 0.25) is 0 Å². The lowest BCUT2D eigenvalue weighted by Crippen LogP contribution is -2.51. The number of rotatable bonds is 5. The van der Waals surface area contributed by atoms with Crippen molar-refractivity contribution in [2.45, 2.75) is 95.8 Å². The van der Waals surface area contributed by atoms with E-state index in [9.17, 15) is 13.2 Å². The molecule has 1 aromatic heterocycles. The van der Waals surface area contributed by atoms with Crippen LogP contribution in [0.1, 0.15) is 65.5 Å². The van der Waals surface area contributed by atoms with E-state index in [-0.39, 0.29) is 34.3 Å². The fraction of sp³-hybridized carbons (Fsp3) is 0.750. The molecular formula is C24H38N4O4S. The Balaban J connectivity index is 1.62. The van der Waals surface area contributed by atoms with Crippen molar-refractivity contribution in [2.24, 2.45) is 5.41 Å². The summed E-state index contributed by atoms with van der Waals surface area (Å²) in [6.45, 7) is 11.7. The Bertz CT molecular complexity index is 986. The number of morpholine rings is 1. The van der Waals surface area contributed by atoms with E-state index in [4.69, 9.17) is 4.74 Å². The number of aromatic nitrogens is 1. The van der Waals surface area contributed by atoms with Crippen LogP contribution < -0.4 is 10.2 Å². The Kier molecular flexibility index (Phi) is 6.77. The second-order valence-electron chi connectivity index (χ2n) is 10.8. The van der Waals surface area contributed by atoms with Crippen LogP contribution in [0.15, 0.2) is 17.0 Å². The molecule has 1 saturated carbocycles. The highest BCUT2D eigenvalue weighted by Crippen LogP contribution is 2.38. The van der Waals surface area contributed by atoms with Gasteiger partial charge in [0, 0.05) is 18.3 Å². The van der Waals surface area contributed by atoms with E-state index in [1.165, 1.54) is 4.31 Å². The highest BCUT2D eigenvalue weighted by atomic mass is 32.2. The summed E-state index contributed by atoms with van der Waals surface area (Å²) in [7, 11) is -3.91. The van der Waals surface area contributed by atoms with Gasteiger partial charge in [-0.3, -0.25) is 4.79 Å². The average Bonchev–Trinajstić information content (AvgIpc) is 3.35. The van der Waals surface area contributed by atoms with Gasteiger partial charge in [-0.25, -0.2) is 13.4 Å². The molecule has 3 aliphatic rings. The zero-order chi connectivity index (χ0) is 24.0. The third kappa shape index (κ3) is 4.91. The van der Waals surface area contributed by atoms with Crippen LogP contribution in [0.4, 0.5) is 5.82 Å². The Labute approximate surface area is 198 Å². The van der Waals surface area contributed by atoms with E-state index in [0.717, 1.165) is 25.0 Å². The SMILES string of the molecule is Cc1ccc(S(=O)(=O)N2CCC[C@H]2C(=O)N[C@@H]2CCC(C)(C)C2)c(N2[C@@H](C)COC[C@@H]2C)n1. The molecule has 2 saturated heterocycles. The maximum Gasteiger partial charge on any atom is 0.247 e. The summed E-state index contributed by atoms with van der Waals surface area (Å²) in [6, 6.07) is 2.82. The zero-order valence-electron chi connectivity index (χ0n) is 20.5. The van der Waals surface area contributed by atoms with Gasteiger partial charge in [0.1, 0.15) is 16.8 Å². The van der Waals surface area contributed by atoms with Gasteiger partial charge in [0.15, 0.2) is 0 Å². The van der Waals surface area contributed by atoms with Crippen LogP contribution in [0.5, 0.6) is 0 Å². The van der Waals surface area contributed by atoms with Crippen molar-refractivity contribution in [1.29, 1.82) is 0 Å². The predicted octanol–water partition coefficient (Wildman–Crippen LogP) is 2.85. The van der Waals surface area contributed by atoms with Crippen molar-refractivity contribution >= 4 is 21.7 Å². The van der Waals surface area contributed by atoms with E-state index in [1.807, 2.05) is 20.8 Å². The summed E-state index contributed by atoms with van der Waals surface area (Å²) in [5.41, 5.74) is 0.974. The van der Waals surface area contributed by atoms with Gasteiger partial charge in [-0.2, -0.15) is 4.31 Å². The summed E-state index contributed by atoms with van der Waals surface area (Å²) in [4.78, 5) is 20.1. The van der Waals surface area contributed by atoms with E-state index in [2.05, 4.69) is 29.0 Å². The standard InChI is InChI=1S/C24H38N4O4S/c1-16-8-9-21(22(25-16)28-17(2)14-32-15-18(28)3)33(30,31)27-12-6-7-20(27)23(29)26-19-10-11-24(4,5)13-19/h8-9,17-20H,6-7,10-15H2,1-5H3,(H,26,29)/t17-,18-,19+,20-/m0/s1. The summed E-state index contributed by atoms with van der Waals surface area (Å²) in [5.74, 6) is 0.287. The minimum atomic E-state index is -3.91. The molecule has 1 N–H and O–H groups in total. The highest BCUT2D eigenvalue weighted by molar-refractivity contribution is 7.89. The molecule has 2 aliphatic heterocycles. The summed E-state index contributed by atoms with van der Waals surface area (Å²) in [6.07, 6.45) is 4.15. The number of sulfonamides is 1. The molecule has 8 nitrogen and oxygen atoms in total. The molecule has 0 aromatic carbocycles. The Morgan fingerprint density at radius 1 is 1.18 bits per heavy atom. The van der Waals surface area contributed by atoms with Crippen LogP contribution in [-0.2, 0) is 19.6 Å². The number of carbonyl (C=O) groups excluding carboxylic acids is 1. The molecule has 1 aromatic rings. The minimum absolute atomic E-state index is 0.000365. The molecule has 3 fully saturated rings. The summed E-state index contributed by atoms with van der Waals surface area (Å²) >= 11 is 0. The third-order valence-electron chi connectivity index (χ3n) is 7.30. The molecule has 0 radical (unpaired) electrons. The Morgan fingerprint density at radius 3 is 2.52 bits per heavy atom. The largest absolute Gasteiger partial charge is 0.377 e. The van der Waals surface area contributed by atoms with Gasteiger partial charge in [-0.05, 0) is 70.4 Å². The van der Waals surface area contributed by atoms with E-state index < -0.39 is 16.1 Å². The number of aryl methyl sites for hydroxylation is 1. The van der Waals surface area contributed by atoms with Crippen LogP contribution in [0.25, 0.3) is 0 Å². The molecule has 0 bridgehead atoms. The van der Waals surface area contributed by atoms with Gasteiger partial charge in [0.25, 0.3) is 0 Å². The second kappa shape index (κ2) is 9.15. The predicted molar refractivity (Wildman–Crippen MR) is 128 cm³/mol. The smallest absolute Gasteiger partial charge is 0.247 e. The first-order chi connectivity index (χ1) is 15.5. The lowest BCUT2D eigenvalue weighted by atomic mass is 9.92. The molecule has 1 amide bonds. The summed E-state index contributed by atoms with van der Waals surface area (Å²) < 4.78 is 34.9. The van der Waals surface area contributed by atoms with Crippen molar-refractivity contribution in [3.63, 3.8) is 0 Å². The fourth-order valence-electron chi connectivity index (χ4n) is 5.61. The lowest BCUT2D eigenvalue weighted by Gasteiger charge is -2.40. The van der Waals surface area contributed by atoms with Crippen molar-refractivity contribution in [1.82, 2.24) is 14.6 Å². The Morgan fingerprint density at radius 2 is 1.88 bits per heavy atom. The monoisotopic (exact) mass is 478 g/mol. The van der Waals surface area contributed by atoms with Gasteiger partial charge in [0.2, 0.25) is 15.9 Å². The minimum Gasteiger partial charge on any atom is -0.377 e. The van der Waals surface area contributed by atoms with Crippen molar-refractivity contribution in [2.75, 3.05) is 24.7 Å². The number of carbonyl (C=O) groups is 1. The number of amides is 1. The third-order valence-corrected chi connectivity index (χ3v) is 9.23. The van der Waals surface area contributed by atoms with Gasteiger partial charge in [-0.15, -0.1) is 0 Å². The van der Waals surface area contributed by atoms with E-state index in [0.29, 0.717) is 38.4 Å². The maximum atomic E-state index is 13.9. The van der Waals surface area contributed by atoms with Gasteiger partial charge >= 0.3 is 0 Å². The van der Waals surface area contributed by atoms with Crippen LogP contribution >= 0.6 is 0 Å². The quantitative estimate of drug-likeness (QED) is 0.700. The average molecular weight is 479 g/mol. The van der Waals surface area contributed by atoms with Crippen LogP contribution in [-0.4, -0.2) is 67.5 Å². The zero-order valence-corrected chi connectivity index (χ0v) is 21.3. The van der Waals surface area contributed by atoms with Crippen LogP contribution in [0, 0.1) is 12.3 Å². The topological polar surface area (TPSA) is 91.8 Å². The molecule has 184 valence electrons. The second-order valence-corrected chi connectivity index (χ2v) is 12.7. The molecule has 0 unspecified atom stereocenters.